The number of nitrogens with one attached hydrogen (secondary N) is 2. The van der Waals surface area contributed by atoms with Crippen molar-refractivity contribution in [3.05, 3.63) is 53.6 Å². The highest BCUT2D eigenvalue weighted by Gasteiger charge is 2.44. The van der Waals surface area contributed by atoms with Gasteiger partial charge in [-0.2, -0.15) is 33.5 Å². The number of fused-ring (bicyclic) bond motifs is 1. The van der Waals surface area contributed by atoms with Crippen LogP contribution in [0.15, 0.2) is 36.7 Å². The van der Waals surface area contributed by atoms with Crippen LogP contribution in [0.1, 0.15) is 75.1 Å². The summed E-state index contributed by atoms with van der Waals surface area (Å²) in [6.07, 6.45) is -2.13. The van der Waals surface area contributed by atoms with Gasteiger partial charge in [-0.05, 0) is 77.0 Å². The number of aliphatic hydroxyl groups excluding tert-OH is 4. The standard InChI is InChI=1S/C43H64N12O11S2/c1-42(2,12-14-65-43(3,4)13-16-67-18-19-68-17-15-64-40-35(60)34(59)33(58)30(24-56)66-40)55-28(22-48-53-55)21-46-31(57)11-10-29(39(62)63)50-38(61)25-6-8-27(9-7-25)54(5)23-26-20-47-37-32(49-26)36(44)51-41(45)52-37/h6-9,20,22,29-30,33-35,40,56,58-60H,10-19,21,23-24H2,1-5H3,(H,46,57)(H,50,61)(H,62,63)(H4,44,45,47,51,52). The first-order valence-electron chi connectivity index (χ1n) is 22.1. The quantitative estimate of drug-likeness (QED) is 0.0371. The number of amides is 2. The molecule has 0 spiro atoms. The molecule has 68 heavy (non-hydrogen) atoms. The first kappa shape index (κ1) is 54.0. The van der Waals surface area contributed by atoms with Gasteiger partial charge in [0.05, 0.1) is 61.2 Å². The van der Waals surface area contributed by atoms with Crippen molar-refractivity contribution < 1.29 is 54.1 Å². The van der Waals surface area contributed by atoms with Crippen LogP contribution < -0.4 is 27.0 Å². The molecule has 1 aliphatic heterocycles. The predicted molar refractivity (Wildman–Crippen MR) is 255 cm³/mol. The van der Waals surface area contributed by atoms with E-state index in [-0.39, 0.29) is 54.6 Å². The summed E-state index contributed by atoms with van der Waals surface area (Å²) in [4.78, 5) is 56.7. The zero-order valence-electron chi connectivity index (χ0n) is 38.9. The molecule has 0 saturated carbocycles. The second-order valence-corrected chi connectivity index (χ2v) is 19.9. The molecule has 23 nitrogen and oxygen atoms in total. The highest BCUT2D eigenvalue weighted by atomic mass is 32.2. The fourth-order valence-electron chi connectivity index (χ4n) is 7.02. The Bertz CT molecular complexity index is 2270. The fourth-order valence-corrected chi connectivity index (χ4v) is 9.22. The number of thioether (sulfide) groups is 2. The number of anilines is 3. The van der Waals surface area contributed by atoms with Gasteiger partial charge in [0.2, 0.25) is 11.9 Å². The van der Waals surface area contributed by atoms with E-state index in [1.807, 2.05) is 37.6 Å². The summed E-state index contributed by atoms with van der Waals surface area (Å²) in [7, 11) is 1.83. The largest absolute Gasteiger partial charge is 0.480 e. The van der Waals surface area contributed by atoms with Crippen LogP contribution in [0, 0.1) is 0 Å². The Labute approximate surface area is 402 Å². The molecular formula is C43H64N12O11S2. The van der Waals surface area contributed by atoms with E-state index in [4.69, 9.17) is 25.7 Å². The molecule has 374 valence electrons. The lowest BCUT2D eigenvalue weighted by Gasteiger charge is -2.39. The van der Waals surface area contributed by atoms with E-state index in [9.17, 15) is 39.9 Å². The summed E-state index contributed by atoms with van der Waals surface area (Å²) in [5.41, 5.74) is 13.6. The number of hydrogen-bond donors (Lipinski definition) is 9. The summed E-state index contributed by atoms with van der Waals surface area (Å²) in [5, 5.41) is 62.8. The summed E-state index contributed by atoms with van der Waals surface area (Å²) in [5.74, 6) is 1.20. The van der Waals surface area contributed by atoms with Crippen molar-refractivity contribution in [1.82, 2.24) is 45.6 Å². The molecule has 1 fully saturated rings. The van der Waals surface area contributed by atoms with Crippen LogP contribution in [0.25, 0.3) is 11.2 Å². The van der Waals surface area contributed by atoms with Crippen molar-refractivity contribution >= 4 is 69.9 Å². The molecule has 4 heterocycles. The average Bonchev–Trinajstić information content (AvgIpc) is 3.79. The fraction of sp³-hybridized carbons (Fsp3) is 0.605. The van der Waals surface area contributed by atoms with Crippen molar-refractivity contribution in [3.63, 3.8) is 0 Å². The molecule has 5 rings (SSSR count). The molecule has 6 atom stereocenters. The number of hydrogen-bond acceptors (Lipinski definition) is 21. The number of carboxylic acid groups (broad SMARTS) is 1. The summed E-state index contributed by atoms with van der Waals surface area (Å²) >= 11 is 3.50. The Morgan fingerprint density at radius 3 is 2.37 bits per heavy atom. The van der Waals surface area contributed by atoms with E-state index >= 15 is 0 Å². The van der Waals surface area contributed by atoms with E-state index in [0.29, 0.717) is 42.2 Å². The lowest BCUT2D eigenvalue weighted by molar-refractivity contribution is -0.299. The van der Waals surface area contributed by atoms with Crippen molar-refractivity contribution in [2.45, 2.75) is 114 Å². The Morgan fingerprint density at radius 1 is 0.941 bits per heavy atom. The topological polar surface area (TPSA) is 342 Å². The number of carbonyl (C=O) groups is 3. The first-order chi connectivity index (χ1) is 32.3. The smallest absolute Gasteiger partial charge is 0.326 e. The van der Waals surface area contributed by atoms with E-state index in [2.05, 4.69) is 54.7 Å². The van der Waals surface area contributed by atoms with Crippen molar-refractivity contribution in [1.29, 1.82) is 0 Å². The third kappa shape index (κ3) is 15.5. The number of carboxylic acids is 1. The molecule has 2 amide bonds. The molecule has 3 aromatic heterocycles. The maximum Gasteiger partial charge on any atom is 0.326 e. The Hall–Kier alpha value is -4.99. The minimum Gasteiger partial charge on any atom is -0.480 e. The zero-order chi connectivity index (χ0) is 49.6. The van der Waals surface area contributed by atoms with Crippen LogP contribution in [-0.2, 0) is 42.4 Å². The maximum atomic E-state index is 13.1. The molecule has 1 aromatic carbocycles. The molecule has 25 heteroatoms. The second-order valence-electron chi connectivity index (χ2n) is 17.4. The Kier molecular flexibility index (Phi) is 19.9. The summed E-state index contributed by atoms with van der Waals surface area (Å²) in [6.45, 7) is 8.79. The van der Waals surface area contributed by atoms with Gasteiger partial charge >= 0.3 is 5.97 Å². The first-order valence-corrected chi connectivity index (χ1v) is 24.4. The van der Waals surface area contributed by atoms with Crippen LogP contribution in [0.2, 0.25) is 0 Å². The lowest BCUT2D eigenvalue weighted by atomic mass is 9.99. The van der Waals surface area contributed by atoms with Gasteiger partial charge < -0.3 is 66.7 Å². The predicted octanol–water partition coefficient (Wildman–Crippen LogP) is 0.685. The minimum atomic E-state index is -1.46. The molecule has 11 N–H and O–H groups in total. The maximum absolute atomic E-state index is 13.1. The number of carbonyl (C=O) groups excluding carboxylic acids is 2. The molecular weight excluding hydrogens is 925 g/mol. The van der Waals surface area contributed by atoms with Gasteiger partial charge in [0.15, 0.2) is 23.3 Å². The third-order valence-corrected chi connectivity index (χ3v) is 13.4. The van der Waals surface area contributed by atoms with Crippen molar-refractivity contribution in [2.24, 2.45) is 0 Å². The van der Waals surface area contributed by atoms with E-state index in [1.165, 1.54) is 0 Å². The number of aromatic nitrogens is 7. The second kappa shape index (κ2) is 25.0. The molecule has 0 aliphatic carbocycles. The van der Waals surface area contributed by atoms with Crippen molar-refractivity contribution in [2.75, 3.05) is 66.2 Å². The van der Waals surface area contributed by atoms with Gasteiger partial charge in [0, 0.05) is 48.6 Å². The number of rotatable bonds is 27. The van der Waals surface area contributed by atoms with Gasteiger partial charge in [0.1, 0.15) is 30.5 Å². The number of aliphatic hydroxyl groups is 4. The van der Waals surface area contributed by atoms with E-state index < -0.39 is 66.7 Å². The Balaban J connectivity index is 0.967. The van der Waals surface area contributed by atoms with Gasteiger partial charge in [-0.15, -0.1) is 5.10 Å². The van der Waals surface area contributed by atoms with Crippen molar-refractivity contribution in [3.8, 4) is 0 Å². The van der Waals surface area contributed by atoms with Gasteiger partial charge in [-0.3, -0.25) is 9.59 Å². The normalized spacial score (nSPS) is 19.2. The Morgan fingerprint density at radius 2 is 1.66 bits per heavy atom. The monoisotopic (exact) mass is 988 g/mol. The summed E-state index contributed by atoms with van der Waals surface area (Å²) < 4.78 is 18.9. The number of nitrogens with two attached hydrogens (primary N) is 2. The molecule has 1 aliphatic rings. The average molecular weight is 989 g/mol. The van der Waals surface area contributed by atoms with E-state index in [0.717, 1.165) is 29.4 Å². The van der Waals surface area contributed by atoms with Crippen LogP contribution in [-0.4, -0.2) is 170 Å². The molecule has 1 saturated heterocycles. The minimum absolute atomic E-state index is 0.00316. The van der Waals surface area contributed by atoms with Crippen LogP contribution in [0.3, 0.4) is 0 Å². The zero-order valence-corrected chi connectivity index (χ0v) is 40.5. The van der Waals surface area contributed by atoms with Gasteiger partial charge in [-0.25, -0.2) is 19.4 Å². The number of ether oxygens (including phenoxy) is 3. The van der Waals surface area contributed by atoms with Gasteiger partial charge in [-0.1, -0.05) is 5.21 Å². The van der Waals surface area contributed by atoms with Crippen LogP contribution in [0.4, 0.5) is 17.5 Å². The number of benzene rings is 1. The molecule has 6 unspecified atom stereocenters. The van der Waals surface area contributed by atoms with Crippen LogP contribution in [0.5, 0.6) is 0 Å². The van der Waals surface area contributed by atoms with Crippen LogP contribution >= 0.6 is 23.5 Å². The highest BCUT2D eigenvalue weighted by Crippen LogP contribution is 2.26. The molecule has 0 bridgehead atoms. The molecule has 4 aromatic rings. The SMILES string of the molecule is CN(Cc1cnc2nc(N)nc(N)c2n1)c1ccc(C(=O)NC(CCC(=O)NCc2cnnn2C(C)(C)CCOC(C)(C)CCSCCSCCOC2OC(CO)C(O)C(O)C2O)C(=O)O)cc1. The lowest BCUT2D eigenvalue weighted by Crippen LogP contribution is -2.59. The third-order valence-electron chi connectivity index (χ3n) is 11.2. The van der Waals surface area contributed by atoms with E-state index in [1.54, 1.807) is 53.1 Å². The number of nitrogen functional groups attached to an aromatic ring is 2. The highest BCUT2D eigenvalue weighted by molar-refractivity contribution is 8.02. The summed E-state index contributed by atoms with van der Waals surface area (Å²) in [6, 6.07) is 5.27. The number of aliphatic carboxylic acids is 1. The number of nitrogens with zero attached hydrogens (tertiary/aromatic N) is 8. The molecule has 0 radical (unpaired) electrons. The van der Waals surface area contributed by atoms with Gasteiger partial charge in [0.25, 0.3) is 5.91 Å².